The molecule has 0 spiro atoms. The van der Waals surface area contributed by atoms with Crippen LogP contribution in [-0.2, 0) is 28.6 Å². The van der Waals surface area contributed by atoms with Crippen molar-refractivity contribution in [3.8, 4) is 0 Å². The lowest BCUT2D eigenvalue weighted by Crippen LogP contribution is -2.50. The van der Waals surface area contributed by atoms with Crippen LogP contribution in [-0.4, -0.2) is 80.6 Å². The number of esters is 2. The number of rotatable bonds is 49. The molecule has 0 aliphatic rings. The zero-order valence-corrected chi connectivity index (χ0v) is 43.6. The Hall–Kier alpha value is -2.97. The maximum absolute atomic E-state index is 12.8. The first kappa shape index (κ1) is 63.0. The first-order chi connectivity index (χ1) is 32.1. The van der Waals surface area contributed by atoms with Crippen LogP contribution in [0, 0.1) is 0 Å². The van der Waals surface area contributed by atoms with Crippen LogP contribution in [0.3, 0.4) is 0 Å². The van der Waals surface area contributed by atoms with E-state index in [4.69, 9.17) is 14.2 Å². The minimum Gasteiger partial charge on any atom is -0.477 e. The number of nitrogens with zero attached hydrogens (tertiary/aromatic N) is 1. The zero-order valence-electron chi connectivity index (χ0n) is 43.6. The number of aliphatic carboxylic acids is 1. The Morgan fingerprint density at radius 2 is 0.848 bits per heavy atom. The topological polar surface area (TPSA) is 99.1 Å². The molecule has 8 nitrogen and oxygen atoms in total. The van der Waals surface area contributed by atoms with Gasteiger partial charge in [0.2, 0.25) is 0 Å². The molecule has 0 aliphatic heterocycles. The number of carbonyl (C=O) groups excluding carboxylic acids is 2. The summed E-state index contributed by atoms with van der Waals surface area (Å²) >= 11 is 0. The fraction of sp³-hybridized carbons (Fsp3) is 0.776. The monoisotopic (exact) mass is 927 g/mol. The minimum atomic E-state index is -0.876. The van der Waals surface area contributed by atoms with Gasteiger partial charge in [0, 0.05) is 19.3 Å². The van der Waals surface area contributed by atoms with E-state index in [0.29, 0.717) is 19.3 Å². The number of carboxylic acids is 1. The van der Waals surface area contributed by atoms with Gasteiger partial charge in [0.25, 0.3) is 0 Å². The van der Waals surface area contributed by atoms with Gasteiger partial charge in [-0.1, -0.05) is 203 Å². The second-order valence-electron chi connectivity index (χ2n) is 19.5. The van der Waals surface area contributed by atoms with E-state index < -0.39 is 18.1 Å². The highest BCUT2D eigenvalue weighted by Gasteiger charge is 2.31. The Labute approximate surface area is 407 Å². The maximum Gasteiger partial charge on any atom is 0.362 e. The third-order valence-corrected chi connectivity index (χ3v) is 12.2. The van der Waals surface area contributed by atoms with E-state index in [1.165, 1.54) is 148 Å². The maximum atomic E-state index is 12.8. The summed E-state index contributed by atoms with van der Waals surface area (Å²) in [5.74, 6) is -1.47. The molecule has 0 heterocycles. The van der Waals surface area contributed by atoms with Crippen molar-refractivity contribution in [2.75, 3.05) is 41.0 Å². The predicted octanol–water partition coefficient (Wildman–Crippen LogP) is 16.1. The van der Waals surface area contributed by atoms with Gasteiger partial charge in [-0.15, -0.1) is 0 Å². The molecular formula is C58H104NO7+. The number of likely N-dealkylation sites (N-methyl/N-ethyl adjacent to an activating group) is 1. The van der Waals surface area contributed by atoms with Crippen LogP contribution < -0.4 is 0 Å². The Kier molecular flexibility index (Phi) is 46.3. The summed E-state index contributed by atoms with van der Waals surface area (Å²) in [6.45, 7) is 4.71. The van der Waals surface area contributed by atoms with Gasteiger partial charge in [-0.2, -0.15) is 0 Å². The van der Waals surface area contributed by atoms with Gasteiger partial charge in [-0.25, -0.2) is 4.79 Å². The van der Waals surface area contributed by atoms with E-state index in [1.807, 2.05) is 21.1 Å². The van der Waals surface area contributed by atoms with Crippen molar-refractivity contribution in [3.63, 3.8) is 0 Å². The van der Waals surface area contributed by atoms with Crippen molar-refractivity contribution in [2.24, 2.45) is 0 Å². The second-order valence-corrected chi connectivity index (χ2v) is 19.5. The van der Waals surface area contributed by atoms with Gasteiger partial charge >= 0.3 is 17.9 Å². The molecule has 0 rings (SSSR count). The third-order valence-electron chi connectivity index (χ3n) is 12.2. The Morgan fingerprint density at radius 3 is 1.30 bits per heavy atom. The molecule has 8 heteroatoms. The zero-order chi connectivity index (χ0) is 48.4. The van der Waals surface area contributed by atoms with Crippen molar-refractivity contribution in [3.05, 3.63) is 60.8 Å². The van der Waals surface area contributed by atoms with Gasteiger partial charge in [-0.05, 0) is 77.0 Å². The van der Waals surface area contributed by atoms with E-state index in [9.17, 15) is 19.5 Å². The molecule has 1 N–H and O–H groups in total. The fourth-order valence-electron chi connectivity index (χ4n) is 7.91. The number of carbonyl (C=O) groups is 3. The highest BCUT2D eigenvalue weighted by Crippen LogP contribution is 2.15. The van der Waals surface area contributed by atoms with Crippen LogP contribution in [0.1, 0.15) is 239 Å². The summed E-state index contributed by atoms with van der Waals surface area (Å²) < 4.78 is 17.4. The van der Waals surface area contributed by atoms with Crippen LogP contribution in [0.5, 0.6) is 0 Å². The number of carboxylic acid groups (broad SMARTS) is 1. The third kappa shape index (κ3) is 46.2. The summed E-state index contributed by atoms with van der Waals surface area (Å²) in [6.07, 6.45) is 61.2. The standard InChI is InChI=1S/C58H103NO7/c1-6-8-10-12-14-16-18-20-22-24-26-28-29-31-33-35-37-39-41-43-45-47-49-57(61)66-54(52-64-51-50-55(58(62)63)59(3,4)5)53-65-56(60)48-46-44-42-40-38-36-34-32-30-27-25-23-21-19-17-15-13-11-9-7-2/h14,16-17,19-23,26,28,54-55H,6-13,15,18,24-25,27,29-53H2,1-5H3/p+1/b16-14+,19-17+,22-20+,23-21+,28-26+. The summed E-state index contributed by atoms with van der Waals surface area (Å²) in [5.41, 5.74) is 0. The number of hydrogen-bond acceptors (Lipinski definition) is 6. The average Bonchev–Trinajstić information content (AvgIpc) is 3.28. The van der Waals surface area contributed by atoms with E-state index in [0.717, 1.165) is 57.8 Å². The number of ether oxygens (including phenoxy) is 3. The lowest BCUT2D eigenvalue weighted by Gasteiger charge is -2.31. The van der Waals surface area contributed by atoms with E-state index in [2.05, 4.69) is 74.6 Å². The Balaban J connectivity index is 4.23. The van der Waals surface area contributed by atoms with Gasteiger partial charge < -0.3 is 23.8 Å². The number of allylic oxidation sites excluding steroid dienone is 10. The molecular weight excluding hydrogens is 823 g/mol. The van der Waals surface area contributed by atoms with Gasteiger partial charge in [0.1, 0.15) is 6.61 Å². The Bertz CT molecular complexity index is 1260. The lowest BCUT2D eigenvalue weighted by molar-refractivity contribution is -0.887. The molecule has 0 radical (unpaired) electrons. The summed E-state index contributed by atoms with van der Waals surface area (Å²) in [7, 11) is 5.54. The second kappa shape index (κ2) is 48.5. The van der Waals surface area contributed by atoms with Crippen LogP contribution in [0.25, 0.3) is 0 Å². The molecule has 0 saturated heterocycles. The van der Waals surface area contributed by atoms with Crippen LogP contribution in [0.4, 0.5) is 0 Å². The molecule has 0 bridgehead atoms. The average molecular weight is 927 g/mol. The van der Waals surface area contributed by atoms with Crippen LogP contribution in [0.2, 0.25) is 0 Å². The minimum absolute atomic E-state index is 0.0558. The fourth-order valence-corrected chi connectivity index (χ4v) is 7.91. The van der Waals surface area contributed by atoms with Crippen LogP contribution in [0.15, 0.2) is 60.8 Å². The van der Waals surface area contributed by atoms with Gasteiger partial charge in [0.05, 0.1) is 34.4 Å². The predicted molar refractivity (Wildman–Crippen MR) is 280 cm³/mol. The van der Waals surface area contributed by atoms with Crippen molar-refractivity contribution in [1.82, 2.24) is 0 Å². The lowest BCUT2D eigenvalue weighted by atomic mass is 10.1. The molecule has 0 aromatic heterocycles. The number of quaternary nitrogens is 1. The van der Waals surface area contributed by atoms with Crippen molar-refractivity contribution in [2.45, 2.75) is 251 Å². The van der Waals surface area contributed by atoms with Crippen LogP contribution >= 0.6 is 0 Å². The number of hydrogen-bond donors (Lipinski definition) is 1. The SMILES string of the molecule is CCCCC/C=C/C/C=C/C/C=C/CCCCCCCCCCCC(=O)OC(COCCC(C(=O)O)[N+](C)(C)C)COC(=O)CCCCCCCCCCCC/C=C/C=C/CCCCCC. The summed E-state index contributed by atoms with van der Waals surface area (Å²) in [6, 6.07) is -0.619. The molecule has 0 aromatic rings. The summed E-state index contributed by atoms with van der Waals surface area (Å²) in [4.78, 5) is 37.2. The van der Waals surface area contributed by atoms with E-state index >= 15 is 0 Å². The largest absolute Gasteiger partial charge is 0.477 e. The first-order valence-electron chi connectivity index (χ1n) is 27.3. The first-order valence-corrected chi connectivity index (χ1v) is 27.3. The molecule has 0 aromatic carbocycles. The number of unbranched alkanes of at least 4 members (excludes halogenated alkanes) is 26. The van der Waals surface area contributed by atoms with Crippen molar-refractivity contribution < 1.29 is 38.2 Å². The highest BCUT2D eigenvalue weighted by molar-refractivity contribution is 5.72. The van der Waals surface area contributed by atoms with Gasteiger partial charge in [0.15, 0.2) is 12.1 Å². The summed E-state index contributed by atoms with van der Waals surface area (Å²) in [5, 5.41) is 9.67. The molecule has 2 unspecified atom stereocenters. The molecule has 66 heavy (non-hydrogen) atoms. The molecule has 0 saturated carbocycles. The normalized spacial score (nSPS) is 13.3. The highest BCUT2D eigenvalue weighted by atomic mass is 16.6. The van der Waals surface area contributed by atoms with E-state index in [-0.39, 0.29) is 36.2 Å². The quantitative estimate of drug-likeness (QED) is 0.0213. The molecule has 0 aliphatic carbocycles. The molecule has 0 amide bonds. The Morgan fingerprint density at radius 1 is 0.470 bits per heavy atom. The smallest absolute Gasteiger partial charge is 0.362 e. The van der Waals surface area contributed by atoms with E-state index in [1.54, 1.807) is 0 Å². The van der Waals surface area contributed by atoms with Crippen molar-refractivity contribution in [1.29, 1.82) is 0 Å². The molecule has 0 fully saturated rings. The van der Waals surface area contributed by atoms with Gasteiger partial charge in [-0.3, -0.25) is 9.59 Å². The molecule has 382 valence electrons. The van der Waals surface area contributed by atoms with Crippen molar-refractivity contribution >= 4 is 17.9 Å². The molecule has 2 atom stereocenters.